The molecule has 0 saturated heterocycles. The van der Waals surface area contributed by atoms with Crippen LogP contribution in [0.25, 0.3) is 11.3 Å². The molecule has 0 radical (unpaired) electrons. The predicted octanol–water partition coefficient (Wildman–Crippen LogP) is 1.94. The molecule has 1 heterocycles. The van der Waals surface area contributed by atoms with Gasteiger partial charge in [0.05, 0.1) is 18.0 Å². The number of aliphatic hydroxyl groups is 1. The number of aliphatic hydroxyl groups excluding tert-OH is 1. The molecular weight excluding hydrogens is 188 g/mol. The van der Waals surface area contributed by atoms with Crippen LogP contribution in [0.1, 0.15) is 11.3 Å². The Balaban J connectivity index is 2.49. The van der Waals surface area contributed by atoms with Gasteiger partial charge in [0.25, 0.3) is 0 Å². The summed E-state index contributed by atoms with van der Waals surface area (Å²) in [5.74, 6) is 0. The van der Waals surface area contributed by atoms with E-state index in [-0.39, 0.29) is 6.61 Å². The summed E-state index contributed by atoms with van der Waals surface area (Å²) in [6.45, 7) is 1.97. The van der Waals surface area contributed by atoms with Gasteiger partial charge >= 0.3 is 0 Å². The summed E-state index contributed by atoms with van der Waals surface area (Å²) in [6.07, 6.45) is 3.35. The van der Waals surface area contributed by atoms with Gasteiger partial charge in [0.15, 0.2) is 0 Å². The van der Waals surface area contributed by atoms with E-state index in [1.165, 1.54) is 0 Å². The van der Waals surface area contributed by atoms with Crippen molar-refractivity contribution < 1.29 is 5.11 Å². The first-order valence-corrected chi connectivity index (χ1v) is 4.79. The fourth-order valence-corrected chi connectivity index (χ4v) is 1.51. The van der Waals surface area contributed by atoms with Gasteiger partial charge in [-0.2, -0.15) is 0 Å². The predicted molar refractivity (Wildman–Crippen MR) is 58.1 cm³/mol. The zero-order chi connectivity index (χ0) is 10.7. The number of hydrogen-bond donors (Lipinski definition) is 1. The van der Waals surface area contributed by atoms with Crippen LogP contribution in [0.5, 0.6) is 0 Å². The van der Waals surface area contributed by atoms with E-state index in [0.29, 0.717) is 0 Å². The molecule has 0 unspecified atom stereocenters. The summed E-state index contributed by atoms with van der Waals surface area (Å²) in [5.41, 5.74) is 3.64. The standard InChI is InChI=1S/C12H12N2O/c1-9-12(14-6-5-13-9)11-4-2-3-10(7-11)8-15/h2-7,15H,8H2,1H3. The lowest BCUT2D eigenvalue weighted by Gasteiger charge is -2.04. The topological polar surface area (TPSA) is 46.0 Å². The van der Waals surface area contributed by atoms with Crippen LogP contribution in [0.15, 0.2) is 36.7 Å². The van der Waals surface area contributed by atoms with Crippen molar-refractivity contribution in [3.8, 4) is 11.3 Å². The smallest absolute Gasteiger partial charge is 0.0914 e. The van der Waals surface area contributed by atoms with E-state index < -0.39 is 0 Å². The molecule has 0 bridgehead atoms. The fraction of sp³-hybridized carbons (Fsp3) is 0.167. The first kappa shape index (κ1) is 9.80. The number of aryl methyl sites for hydroxylation is 1. The first-order valence-electron chi connectivity index (χ1n) is 4.79. The molecular formula is C12H12N2O. The number of nitrogens with zero attached hydrogens (tertiary/aromatic N) is 2. The molecule has 0 atom stereocenters. The van der Waals surface area contributed by atoms with Gasteiger partial charge in [0.1, 0.15) is 0 Å². The Morgan fingerprint density at radius 1 is 1.20 bits per heavy atom. The summed E-state index contributed by atoms with van der Waals surface area (Å²) in [5, 5.41) is 9.04. The molecule has 15 heavy (non-hydrogen) atoms. The molecule has 0 fully saturated rings. The quantitative estimate of drug-likeness (QED) is 0.805. The van der Waals surface area contributed by atoms with Gasteiger partial charge in [-0.1, -0.05) is 18.2 Å². The second-order valence-electron chi connectivity index (χ2n) is 3.35. The summed E-state index contributed by atoms with van der Waals surface area (Å²) >= 11 is 0. The van der Waals surface area contributed by atoms with E-state index in [1.54, 1.807) is 12.4 Å². The van der Waals surface area contributed by atoms with Crippen molar-refractivity contribution in [3.05, 3.63) is 47.9 Å². The molecule has 0 amide bonds. The van der Waals surface area contributed by atoms with Crippen LogP contribution < -0.4 is 0 Å². The summed E-state index contributed by atoms with van der Waals surface area (Å²) in [6, 6.07) is 7.69. The van der Waals surface area contributed by atoms with Crippen LogP contribution in [0.2, 0.25) is 0 Å². The number of aromatic nitrogens is 2. The minimum absolute atomic E-state index is 0.0488. The average Bonchev–Trinajstić information content (AvgIpc) is 2.30. The lowest BCUT2D eigenvalue weighted by atomic mass is 10.1. The van der Waals surface area contributed by atoms with Crippen molar-refractivity contribution in [1.82, 2.24) is 9.97 Å². The second kappa shape index (κ2) is 4.19. The molecule has 0 aliphatic carbocycles. The van der Waals surface area contributed by atoms with E-state index in [9.17, 15) is 0 Å². The van der Waals surface area contributed by atoms with Crippen molar-refractivity contribution >= 4 is 0 Å². The monoisotopic (exact) mass is 200 g/mol. The number of hydrogen-bond acceptors (Lipinski definition) is 3. The minimum atomic E-state index is 0.0488. The first-order chi connectivity index (χ1) is 7.31. The van der Waals surface area contributed by atoms with Gasteiger partial charge in [-0.15, -0.1) is 0 Å². The highest BCUT2D eigenvalue weighted by molar-refractivity contribution is 5.61. The van der Waals surface area contributed by atoms with E-state index in [1.807, 2.05) is 31.2 Å². The molecule has 2 aromatic rings. The SMILES string of the molecule is Cc1nccnc1-c1cccc(CO)c1. The molecule has 76 valence electrons. The van der Waals surface area contributed by atoms with Crippen LogP contribution in [-0.2, 0) is 6.61 Å². The molecule has 0 aliphatic rings. The van der Waals surface area contributed by atoms with E-state index >= 15 is 0 Å². The van der Waals surface area contributed by atoms with Gasteiger partial charge in [-0.3, -0.25) is 9.97 Å². The normalized spacial score (nSPS) is 10.3. The Labute approximate surface area is 88.5 Å². The lowest BCUT2D eigenvalue weighted by molar-refractivity contribution is 0.282. The largest absolute Gasteiger partial charge is 0.392 e. The van der Waals surface area contributed by atoms with Crippen molar-refractivity contribution in [3.63, 3.8) is 0 Å². The Morgan fingerprint density at radius 2 is 2.00 bits per heavy atom. The van der Waals surface area contributed by atoms with Gasteiger partial charge in [-0.05, 0) is 18.6 Å². The third-order valence-corrected chi connectivity index (χ3v) is 2.26. The highest BCUT2D eigenvalue weighted by Gasteiger charge is 2.03. The van der Waals surface area contributed by atoms with Gasteiger partial charge < -0.3 is 5.11 Å². The summed E-state index contributed by atoms with van der Waals surface area (Å²) in [4.78, 5) is 8.47. The molecule has 1 N–H and O–H groups in total. The van der Waals surface area contributed by atoms with Crippen LogP contribution >= 0.6 is 0 Å². The van der Waals surface area contributed by atoms with Crippen LogP contribution in [0.4, 0.5) is 0 Å². The van der Waals surface area contributed by atoms with E-state index in [4.69, 9.17) is 5.11 Å². The van der Waals surface area contributed by atoms with Crippen molar-refractivity contribution in [1.29, 1.82) is 0 Å². The zero-order valence-electron chi connectivity index (χ0n) is 8.51. The lowest BCUT2D eigenvalue weighted by Crippen LogP contribution is -1.92. The van der Waals surface area contributed by atoms with Crippen molar-refractivity contribution in [2.24, 2.45) is 0 Å². The maximum absolute atomic E-state index is 9.04. The summed E-state index contributed by atoms with van der Waals surface area (Å²) in [7, 11) is 0. The molecule has 0 spiro atoms. The van der Waals surface area contributed by atoms with Gasteiger partial charge in [0.2, 0.25) is 0 Å². The highest BCUT2D eigenvalue weighted by atomic mass is 16.3. The third-order valence-electron chi connectivity index (χ3n) is 2.26. The highest BCUT2D eigenvalue weighted by Crippen LogP contribution is 2.19. The van der Waals surface area contributed by atoms with Crippen LogP contribution in [-0.4, -0.2) is 15.1 Å². The molecule has 3 heteroatoms. The number of rotatable bonds is 2. The molecule has 3 nitrogen and oxygen atoms in total. The second-order valence-corrected chi connectivity index (χ2v) is 3.35. The Morgan fingerprint density at radius 3 is 2.73 bits per heavy atom. The molecule has 1 aromatic heterocycles. The van der Waals surface area contributed by atoms with E-state index in [0.717, 1.165) is 22.5 Å². The summed E-state index contributed by atoms with van der Waals surface area (Å²) < 4.78 is 0. The van der Waals surface area contributed by atoms with Crippen molar-refractivity contribution in [2.45, 2.75) is 13.5 Å². The average molecular weight is 200 g/mol. The fourth-order valence-electron chi connectivity index (χ4n) is 1.51. The Hall–Kier alpha value is -1.74. The van der Waals surface area contributed by atoms with Crippen LogP contribution in [0.3, 0.4) is 0 Å². The third kappa shape index (κ3) is 2.02. The minimum Gasteiger partial charge on any atom is -0.392 e. The molecule has 2 rings (SSSR count). The maximum Gasteiger partial charge on any atom is 0.0914 e. The van der Waals surface area contributed by atoms with Gasteiger partial charge in [-0.25, -0.2) is 0 Å². The maximum atomic E-state index is 9.04. The van der Waals surface area contributed by atoms with Crippen LogP contribution in [0, 0.1) is 6.92 Å². The Kier molecular flexibility index (Phi) is 2.74. The molecule has 0 saturated carbocycles. The van der Waals surface area contributed by atoms with Gasteiger partial charge in [0, 0.05) is 18.0 Å². The van der Waals surface area contributed by atoms with Crippen molar-refractivity contribution in [2.75, 3.05) is 0 Å². The Bertz CT molecular complexity index is 469. The molecule has 0 aliphatic heterocycles. The molecule has 1 aromatic carbocycles. The van der Waals surface area contributed by atoms with E-state index in [2.05, 4.69) is 9.97 Å². The number of benzene rings is 1. The zero-order valence-corrected chi connectivity index (χ0v) is 8.51.